The Morgan fingerprint density at radius 3 is 2.56 bits per heavy atom. The lowest BCUT2D eigenvalue weighted by atomic mass is 9.87. The van der Waals surface area contributed by atoms with Crippen LogP contribution in [0.25, 0.3) is 0 Å². The summed E-state index contributed by atoms with van der Waals surface area (Å²) in [6.07, 6.45) is 5.05. The zero-order chi connectivity index (χ0) is 29.9. The van der Waals surface area contributed by atoms with E-state index in [0.29, 0.717) is 50.3 Å². The lowest BCUT2D eigenvalue weighted by Gasteiger charge is -2.33. The molecular formula is C35H43ClN2O5. The zero-order valence-corrected chi connectivity index (χ0v) is 25.8. The van der Waals surface area contributed by atoms with Crippen LogP contribution >= 0.6 is 11.6 Å². The molecule has 3 aromatic rings. The smallest absolute Gasteiger partial charge is 0.227 e. The van der Waals surface area contributed by atoms with E-state index < -0.39 is 0 Å². The number of piperidine rings is 1. The Balaban J connectivity index is 1.10. The number of rotatable bonds is 15. The molecule has 0 radical (unpaired) electrons. The minimum absolute atomic E-state index is 0.0640. The number of halogens is 1. The third-order valence-corrected chi connectivity index (χ3v) is 8.49. The number of hydrogen-bond donors (Lipinski definition) is 1. The highest BCUT2D eigenvalue weighted by molar-refractivity contribution is 6.32. The molecule has 0 aromatic heterocycles. The molecule has 2 atom stereocenters. The standard InChI is InChI=1S/C35H43ClN2O5/c1-40-20-6-19-38-32-23-26(9-10-28(32)13-16-35(38)39)25-43-34-24-37-18-17-30(34)27-11-14-29(15-12-27)41-21-4-5-22-42-33-8-3-2-7-31(33)36/h2-3,7-12,14-15,23,30,34,37H,4-6,13,16-22,24-25H2,1H3/t30-,34?/m1/s1. The van der Waals surface area contributed by atoms with Crippen LogP contribution in [0, 0.1) is 0 Å². The van der Waals surface area contributed by atoms with Crippen molar-refractivity contribution in [1.82, 2.24) is 5.32 Å². The molecule has 1 unspecified atom stereocenters. The number of aryl methyl sites for hydroxylation is 1. The van der Waals surface area contributed by atoms with Gasteiger partial charge in [0.15, 0.2) is 0 Å². The first-order valence-corrected chi connectivity index (χ1v) is 15.8. The van der Waals surface area contributed by atoms with Gasteiger partial charge in [0.2, 0.25) is 5.91 Å². The summed E-state index contributed by atoms with van der Waals surface area (Å²) in [5.74, 6) is 2.09. The van der Waals surface area contributed by atoms with Gasteiger partial charge >= 0.3 is 0 Å². The highest BCUT2D eigenvalue weighted by Crippen LogP contribution is 2.32. The molecule has 0 saturated carbocycles. The number of nitrogens with one attached hydrogen (secondary N) is 1. The van der Waals surface area contributed by atoms with E-state index in [1.807, 2.05) is 29.2 Å². The van der Waals surface area contributed by atoms with Crippen LogP contribution in [0.15, 0.2) is 66.7 Å². The number of unbranched alkanes of at least 4 members (excludes halogenated alkanes) is 1. The van der Waals surface area contributed by atoms with Crippen molar-refractivity contribution in [3.05, 3.63) is 88.4 Å². The van der Waals surface area contributed by atoms with E-state index in [9.17, 15) is 4.79 Å². The number of anilines is 1. The van der Waals surface area contributed by atoms with Crippen molar-refractivity contribution in [2.75, 3.05) is 51.5 Å². The van der Waals surface area contributed by atoms with Crippen LogP contribution in [0.1, 0.15) is 54.7 Å². The molecule has 43 heavy (non-hydrogen) atoms. The molecule has 1 saturated heterocycles. The van der Waals surface area contributed by atoms with E-state index >= 15 is 0 Å². The number of nitrogens with zero attached hydrogens (tertiary/aromatic N) is 1. The molecule has 3 aromatic carbocycles. The van der Waals surface area contributed by atoms with Crippen LogP contribution in [-0.2, 0) is 27.3 Å². The van der Waals surface area contributed by atoms with Crippen LogP contribution in [0.2, 0.25) is 5.02 Å². The SMILES string of the molecule is COCCCN1C(=O)CCc2ccc(COC3CNCC[C@@H]3c3ccc(OCCCCOc4ccccc4Cl)cc3)cc21. The molecule has 2 aliphatic heterocycles. The molecule has 8 heteroatoms. The minimum Gasteiger partial charge on any atom is -0.494 e. The first-order chi connectivity index (χ1) is 21.1. The summed E-state index contributed by atoms with van der Waals surface area (Å²) in [4.78, 5) is 14.6. The van der Waals surface area contributed by atoms with E-state index in [2.05, 4.69) is 47.8 Å². The maximum atomic E-state index is 12.7. The van der Waals surface area contributed by atoms with Gasteiger partial charge in [-0.25, -0.2) is 0 Å². The Bertz CT molecular complexity index is 1320. The number of carbonyl (C=O) groups is 1. The van der Waals surface area contributed by atoms with Gasteiger partial charge in [-0.1, -0.05) is 48.0 Å². The van der Waals surface area contributed by atoms with Gasteiger partial charge in [-0.3, -0.25) is 4.79 Å². The number of hydrogen-bond acceptors (Lipinski definition) is 6. The molecule has 1 amide bonds. The van der Waals surface area contributed by atoms with Crippen LogP contribution in [0.3, 0.4) is 0 Å². The summed E-state index contributed by atoms with van der Waals surface area (Å²) in [6, 6.07) is 22.4. The maximum Gasteiger partial charge on any atom is 0.227 e. The van der Waals surface area contributed by atoms with Gasteiger partial charge in [0.25, 0.3) is 0 Å². The van der Waals surface area contributed by atoms with Crippen molar-refractivity contribution in [3.8, 4) is 11.5 Å². The molecule has 230 valence electrons. The largest absolute Gasteiger partial charge is 0.494 e. The Hall–Kier alpha value is -3.10. The molecule has 1 fully saturated rings. The van der Waals surface area contributed by atoms with Crippen molar-refractivity contribution < 1.29 is 23.7 Å². The van der Waals surface area contributed by atoms with Crippen molar-refractivity contribution in [2.45, 2.75) is 57.2 Å². The van der Waals surface area contributed by atoms with Crippen molar-refractivity contribution in [2.24, 2.45) is 0 Å². The first-order valence-electron chi connectivity index (χ1n) is 15.5. The van der Waals surface area contributed by atoms with Crippen molar-refractivity contribution in [3.63, 3.8) is 0 Å². The van der Waals surface area contributed by atoms with Gasteiger partial charge in [-0.05, 0) is 85.7 Å². The Morgan fingerprint density at radius 2 is 1.74 bits per heavy atom. The Morgan fingerprint density at radius 1 is 0.930 bits per heavy atom. The zero-order valence-electron chi connectivity index (χ0n) is 25.1. The molecule has 7 nitrogen and oxygen atoms in total. The lowest BCUT2D eigenvalue weighted by molar-refractivity contribution is -0.118. The van der Waals surface area contributed by atoms with Gasteiger partial charge < -0.3 is 29.2 Å². The number of ether oxygens (including phenoxy) is 4. The molecule has 5 rings (SSSR count). The fourth-order valence-corrected chi connectivity index (χ4v) is 6.01. The summed E-state index contributed by atoms with van der Waals surface area (Å²) in [7, 11) is 1.70. The second kappa shape index (κ2) is 16.1. The highest BCUT2D eigenvalue weighted by Gasteiger charge is 2.28. The Labute approximate surface area is 260 Å². The molecule has 0 aliphatic carbocycles. The van der Waals surface area contributed by atoms with Gasteiger partial charge in [0, 0.05) is 44.8 Å². The summed E-state index contributed by atoms with van der Waals surface area (Å²) in [5, 5.41) is 4.14. The van der Waals surface area contributed by atoms with Crippen molar-refractivity contribution >= 4 is 23.2 Å². The molecule has 0 bridgehead atoms. The van der Waals surface area contributed by atoms with E-state index in [4.69, 9.17) is 30.5 Å². The molecule has 0 spiro atoms. The number of para-hydroxylation sites is 1. The second-order valence-electron chi connectivity index (χ2n) is 11.2. The summed E-state index contributed by atoms with van der Waals surface area (Å²) >= 11 is 6.14. The summed E-state index contributed by atoms with van der Waals surface area (Å²) in [6.45, 7) is 4.86. The topological polar surface area (TPSA) is 69.3 Å². The predicted molar refractivity (Wildman–Crippen MR) is 171 cm³/mol. The molecule has 2 heterocycles. The number of amides is 1. The van der Waals surface area contributed by atoms with Gasteiger partial charge in [-0.2, -0.15) is 0 Å². The minimum atomic E-state index is 0.0640. The summed E-state index contributed by atoms with van der Waals surface area (Å²) in [5.41, 5.74) is 4.61. The normalized spacial score (nSPS) is 18.4. The maximum absolute atomic E-state index is 12.7. The van der Waals surface area contributed by atoms with Gasteiger partial charge in [0.1, 0.15) is 11.5 Å². The van der Waals surface area contributed by atoms with E-state index in [0.717, 1.165) is 67.9 Å². The number of carbonyl (C=O) groups excluding carboxylic acids is 1. The van der Waals surface area contributed by atoms with Crippen LogP contribution in [-0.4, -0.2) is 58.6 Å². The fraction of sp³-hybridized carbons (Fsp3) is 0.457. The second-order valence-corrected chi connectivity index (χ2v) is 11.6. The van der Waals surface area contributed by atoms with Crippen LogP contribution in [0.5, 0.6) is 11.5 Å². The van der Waals surface area contributed by atoms with E-state index in [1.54, 1.807) is 7.11 Å². The third-order valence-electron chi connectivity index (χ3n) is 8.18. The van der Waals surface area contributed by atoms with Gasteiger partial charge in [-0.15, -0.1) is 0 Å². The van der Waals surface area contributed by atoms with Crippen LogP contribution < -0.4 is 19.7 Å². The average molecular weight is 607 g/mol. The van der Waals surface area contributed by atoms with E-state index in [1.165, 1.54) is 11.1 Å². The first kappa shape index (κ1) is 31.3. The van der Waals surface area contributed by atoms with E-state index in [-0.39, 0.29) is 12.0 Å². The quantitative estimate of drug-likeness (QED) is 0.198. The third kappa shape index (κ3) is 8.73. The van der Waals surface area contributed by atoms with Crippen molar-refractivity contribution in [1.29, 1.82) is 0 Å². The monoisotopic (exact) mass is 606 g/mol. The van der Waals surface area contributed by atoms with Gasteiger partial charge in [0.05, 0.1) is 30.9 Å². The summed E-state index contributed by atoms with van der Waals surface area (Å²) < 4.78 is 23.5. The molecule has 1 N–H and O–H groups in total. The van der Waals surface area contributed by atoms with Crippen LogP contribution in [0.4, 0.5) is 5.69 Å². The highest BCUT2D eigenvalue weighted by atomic mass is 35.5. The molecular weight excluding hydrogens is 564 g/mol. The predicted octanol–water partition coefficient (Wildman–Crippen LogP) is 6.56. The number of fused-ring (bicyclic) bond motifs is 1. The Kier molecular flexibility index (Phi) is 11.7. The average Bonchev–Trinajstić information content (AvgIpc) is 3.04. The molecule has 2 aliphatic rings. The number of benzene rings is 3. The lowest BCUT2D eigenvalue weighted by Crippen LogP contribution is -2.41. The fourth-order valence-electron chi connectivity index (χ4n) is 5.82. The number of methoxy groups -OCH3 is 1.